The molecule has 0 atom stereocenters. The molecule has 2 rings (SSSR count). The first kappa shape index (κ1) is 14.8. The van der Waals surface area contributed by atoms with Crippen LogP contribution in [0.5, 0.6) is 0 Å². The summed E-state index contributed by atoms with van der Waals surface area (Å²) in [7, 11) is 0. The van der Waals surface area contributed by atoms with Crippen LogP contribution in [-0.4, -0.2) is 24.6 Å². The van der Waals surface area contributed by atoms with Crippen molar-refractivity contribution in [2.24, 2.45) is 0 Å². The predicted molar refractivity (Wildman–Crippen MR) is 79.6 cm³/mol. The van der Waals surface area contributed by atoms with Crippen molar-refractivity contribution >= 4 is 28.3 Å². The van der Waals surface area contributed by atoms with E-state index in [1.165, 1.54) is 11.3 Å². The topological polar surface area (TPSA) is 67.4 Å². The van der Waals surface area contributed by atoms with Crippen LogP contribution in [-0.2, 0) is 11.2 Å². The van der Waals surface area contributed by atoms with Gasteiger partial charge in [0.15, 0.2) is 0 Å². The summed E-state index contributed by atoms with van der Waals surface area (Å²) in [6.45, 7) is 6.03. The summed E-state index contributed by atoms with van der Waals surface area (Å²) in [4.78, 5) is 25.0. The molecular formula is C14H20N2O3S. The fourth-order valence-corrected chi connectivity index (χ4v) is 3.21. The molecular weight excluding hydrogens is 276 g/mol. The smallest absolute Gasteiger partial charge is 0.412 e. The Morgan fingerprint density at radius 2 is 2.05 bits per heavy atom. The molecule has 0 saturated heterocycles. The number of thiophene rings is 1. The van der Waals surface area contributed by atoms with Crippen LogP contribution in [0.15, 0.2) is 0 Å². The number of aryl methyl sites for hydroxylation is 1. The highest BCUT2D eigenvalue weighted by molar-refractivity contribution is 7.16. The number of ether oxygens (including phenoxy) is 1. The van der Waals surface area contributed by atoms with E-state index in [-0.39, 0.29) is 5.91 Å². The summed E-state index contributed by atoms with van der Waals surface area (Å²) in [6, 6.07) is 0.294. The fourth-order valence-electron chi connectivity index (χ4n) is 2.08. The Labute approximate surface area is 122 Å². The molecule has 5 nitrogen and oxygen atoms in total. The first-order valence-electron chi connectivity index (χ1n) is 6.93. The van der Waals surface area contributed by atoms with Gasteiger partial charge in [-0.15, -0.1) is 11.3 Å². The third kappa shape index (κ3) is 3.30. The summed E-state index contributed by atoms with van der Waals surface area (Å²) >= 11 is 1.42. The molecule has 1 aromatic heterocycles. The van der Waals surface area contributed by atoms with E-state index in [9.17, 15) is 9.59 Å². The molecule has 2 N–H and O–H groups in total. The minimum absolute atomic E-state index is 0.0968. The molecule has 1 aromatic rings. The largest absolute Gasteiger partial charge is 0.450 e. The van der Waals surface area contributed by atoms with Crippen molar-refractivity contribution in [1.82, 2.24) is 5.32 Å². The van der Waals surface area contributed by atoms with Gasteiger partial charge in [-0.3, -0.25) is 10.1 Å². The first-order chi connectivity index (χ1) is 9.56. The summed E-state index contributed by atoms with van der Waals surface area (Å²) in [5.74, 6) is -0.0968. The maximum Gasteiger partial charge on any atom is 0.412 e. The van der Waals surface area contributed by atoms with Gasteiger partial charge in [-0.05, 0) is 38.7 Å². The second-order valence-corrected chi connectivity index (χ2v) is 6.01. The number of carbonyl (C=O) groups excluding carboxylic acids is 2. The lowest BCUT2D eigenvalue weighted by Gasteiger charge is -2.08. The number of hydrogen-bond acceptors (Lipinski definition) is 4. The van der Waals surface area contributed by atoms with Gasteiger partial charge in [0, 0.05) is 10.9 Å². The first-order valence-corrected chi connectivity index (χ1v) is 7.75. The molecule has 0 aliphatic heterocycles. The van der Waals surface area contributed by atoms with Crippen LogP contribution < -0.4 is 10.6 Å². The number of amides is 2. The Kier molecular flexibility index (Phi) is 4.65. The zero-order valence-corrected chi connectivity index (χ0v) is 12.9. The molecule has 1 aliphatic rings. The van der Waals surface area contributed by atoms with E-state index in [1.54, 1.807) is 6.92 Å². The number of hydrogen-bond donors (Lipinski definition) is 2. The van der Waals surface area contributed by atoms with Crippen molar-refractivity contribution in [2.75, 3.05) is 11.9 Å². The third-order valence-corrected chi connectivity index (χ3v) is 4.26. The summed E-state index contributed by atoms with van der Waals surface area (Å²) in [5.41, 5.74) is 1.59. The molecule has 2 amide bonds. The molecule has 6 heteroatoms. The number of carbonyl (C=O) groups is 2. The van der Waals surface area contributed by atoms with Gasteiger partial charge in [-0.1, -0.05) is 6.92 Å². The molecule has 1 aliphatic carbocycles. The Morgan fingerprint density at radius 3 is 2.60 bits per heavy atom. The van der Waals surface area contributed by atoms with Crippen molar-refractivity contribution in [3.05, 3.63) is 16.0 Å². The third-order valence-electron chi connectivity index (χ3n) is 3.19. The van der Waals surface area contributed by atoms with E-state index in [0.717, 1.165) is 29.7 Å². The van der Waals surface area contributed by atoms with Crippen LogP contribution in [0.4, 0.5) is 9.80 Å². The zero-order valence-electron chi connectivity index (χ0n) is 12.0. The Balaban J connectivity index is 2.24. The van der Waals surface area contributed by atoms with Crippen LogP contribution in [0, 0.1) is 6.92 Å². The standard InChI is InChI=1S/C14H20N2O3S/c1-4-10-8(3)20-13(16-14(18)19-5-2)11(10)12(17)15-9-6-7-9/h9H,4-7H2,1-3H3,(H,15,17)(H,16,18). The molecule has 1 fully saturated rings. The normalized spacial score (nSPS) is 13.9. The lowest BCUT2D eigenvalue weighted by Crippen LogP contribution is -2.27. The van der Waals surface area contributed by atoms with Crippen molar-refractivity contribution in [3.8, 4) is 0 Å². The molecule has 1 saturated carbocycles. The van der Waals surface area contributed by atoms with Crippen LogP contribution in [0.25, 0.3) is 0 Å². The average Bonchev–Trinajstić information content (AvgIpc) is 3.13. The van der Waals surface area contributed by atoms with E-state index in [2.05, 4.69) is 10.6 Å². The van der Waals surface area contributed by atoms with E-state index in [1.807, 2.05) is 13.8 Å². The highest BCUT2D eigenvalue weighted by Crippen LogP contribution is 2.34. The van der Waals surface area contributed by atoms with Crippen LogP contribution >= 0.6 is 11.3 Å². The summed E-state index contributed by atoms with van der Waals surface area (Å²) < 4.78 is 4.88. The molecule has 0 spiro atoms. The maximum atomic E-state index is 12.4. The zero-order chi connectivity index (χ0) is 14.7. The Morgan fingerprint density at radius 1 is 1.35 bits per heavy atom. The number of anilines is 1. The second-order valence-electron chi connectivity index (χ2n) is 4.79. The fraction of sp³-hybridized carbons (Fsp3) is 0.571. The van der Waals surface area contributed by atoms with E-state index >= 15 is 0 Å². The average molecular weight is 296 g/mol. The molecule has 1 heterocycles. The second kappa shape index (κ2) is 6.26. The molecule has 0 unspecified atom stereocenters. The lowest BCUT2D eigenvalue weighted by atomic mass is 10.1. The molecule has 0 bridgehead atoms. The summed E-state index contributed by atoms with van der Waals surface area (Å²) in [6.07, 6.45) is 2.32. The van der Waals surface area contributed by atoms with E-state index < -0.39 is 6.09 Å². The lowest BCUT2D eigenvalue weighted by molar-refractivity contribution is 0.0951. The van der Waals surface area contributed by atoms with Gasteiger partial charge < -0.3 is 10.1 Å². The Bertz CT molecular complexity index is 521. The van der Waals surface area contributed by atoms with Crippen LogP contribution in [0.3, 0.4) is 0 Å². The van der Waals surface area contributed by atoms with Gasteiger partial charge >= 0.3 is 6.09 Å². The maximum absolute atomic E-state index is 12.4. The minimum Gasteiger partial charge on any atom is -0.450 e. The van der Waals surface area contributed by atoms with Gasteiger partial charge in [0.2, 0.25) is 0 Å². The van der Waals surface area contributed by atoms with Gasteiger partial charge in [0.25, 0.3) is 5.91 Å². The van der Waals surface area contributed by atoms with Crippen molar-refractivity contribution < 1.29 is 14.3 Å². The van der Waals surface area contributed by atoms with Gasteiger partial charge in [-0.2, -0.15) is 0 Å². The highest BCUT2D eigenvalue weighted by atomic mass is 32.1. The number of rotatable bonds is 5. The molecule has 110 valence electrons. The highest BCUT2D eigenvalue weighted by Gasteiger charge is 2.28. The van der Waals surface area contributed by atoms with Crippen molar-refractivity contribution in [1.29, 1.82) is 0 Å². The predicted octanol–water partition coefficient (Wildman–Crippen LogP) is 3.08. The monoisotopic (exact) mass is 296 g/mol. The van der Waals surface area contributed by atoms with Gasteiger partial charge in [-0.25, -0.2) is 4.79 Å². The summed E-state index contributed by atoms with van der Waals surface area (Å²) in [5, 5.41) is 6.24. The van der Waals surface area contributed by atoms with Gasteiger partial charge in [0.05, 0.1) is 12.2 Å². The van der Waals surface area contributed by atoms with Crippen molar-refractivity contribution in [2.45, 2.75) is 46.1 Å². The Hall–Kier alpha value is -1.56. The van der Waals surface area contributed by atoms with Crippen LogP contribution in [0.1, 0.15) is 47.5 Å². The van der Waals surface area contributed by atoms with E-state index in [4.69, 9.17) is 4.74 Å². The van der Waals surface area contributed by atoms with Gasteiger partial charge in [0.1, 0.15) is 5.00 Å². The molecule has 0 radical (unpaired) electrons. The minimum atomic E-state index is -0.517. The SMILES string of the molecule is CCOC(=O)Nc1sc(C)c(CC)c1C(=O)NC1CC1. The molecule has 0 aromatic carbocycles. The van der Waals surface area contributed by atoms with E-state index in [0.29, 0.717) is 23.2 Å². The molecule has 20 heavy (non-hydrogen) atoms. The number of nitrogens with one attached hydrogen (secondary N) is 2. The quantitative estimate of drug-likeness (QED) is 0.877. The van der Waals surface area contributed by atoms with Crippen molar-refractivity contribution in [3.63, 3.8) is 0 Å². The van der Waals surface area contributed by atoms with Crippen LogP contribution in [0.2, 0.25) is 0 Å².